The second-order valence-electron chi connectivity index (χ2n) is 6.13. The fourth-order valence-electron chi connectivity index (χ4n) is 2.56. The summed E-state index contributed by atoms with van der Waals surface area (Å²) in [6.45, 7) is 6.22. The molecule has 2 aromatic rings. The van der Waals surface area contributed by atoms with Crippen molar-refractivity contribution < 1.29 is 4.39 Å². The smallest absolute Gasteiger partial charge is 0.193 e. The molecule has 0 saturated carbocycles. The van der Waals surface area contributed by atoms with E-state index in [0.29, 0.717) is 12.5 Å². The molecule has 0 bridgehead atoms. The standard InChI is InChI=1S/C19H25FN4/c1-14-10-15(2)12-18(11-14)23-19(21)22-8-9-24(3)13-16-4-6-17(20)7-5-16/h4-7,10-12H,8-9,13H2,1-3H3,(H3,21,22,23). The number of nitrogens with zero attached hydrogens (tertiary/aromatic N) is 2. The highest BCUT2D eigenvalue weighted by atomic mass is 19.1. The number of guanidine groups is 1. The SMILES string of the molecule is Cc1cc(C)cc(NC(N)=NCCN(C)Cc2ccc(F)cc2)c1. The van der Waals surface area contributed by atoms with Gasteiger partial charge in [0.25, 0.3) is 0 Å². The molecule has 0 radical (unpaired) electrons. The van der Waals surface area contributed by atoms with Gasteiger partial charge in [0.2, 0.25) is 0 Å². The van der Waals surface area contributed by atoms with Gasteiger partial charge in [-0.1, -0.05) is 18.2 Å². The van der Waals surface area contributed by atoms with Gasteiger partial charge in [0, 0.05) is 18.8 Å². The third kappa shape index (κ3) is 6.01. The van der Waals surface area contributed by atoms with Crippen molar-refractivity contribution in [1.82, 2.24) is 4.90 Å². The van der Waals surface area contributed by atoms with E-state index in [0.717, 1.165) is 24.3 Å². The summed E-state index contributed by atoms with van der Waals surface area (Å²) in [5.41, 5.74) is 10.3. The van der Waals surface area contributed by atoms with Crippen molar-refractivity contribution >= 4 is 11.6 Å². The number of aliphatic imine (C=N–C) groups is 1. The first kappa shape index (κ1) is 17.9. The minimum Gasteiger partial charge on any atom is -0.370 e. The number of hydrogen-bond donors (Lipinski definition) is 2. The maximum absolute atomic E-state index is 12.9. The first-order valence-corrected chi connectivity index (χ1v) is 8.00. The summed E-state index contributed by atoms with van der Waals surface area (Å²) in [5, 5.41) is 3.12. The van der Waals surface area contributed by atoms with Crippen LogP contribution in [0.25, 0.3) is 0 Å². The van der Waals surface area contributed by atoms with Crippen LogP contribution in [-0.2, 0) is 6.54 Å². The van der Waals surface area contributed by atoms with Gasteiger partial charge < -0.3 is 16.0 Å². The van der Waals surface area contributed by atoms with Crippen molar-refractivity contribution in [3.8, 4) is 0 Å². The number of hydrogen-bond acceptors (Lipinski definition) is 2. The number of anilines is 1. The molecule has 2 rings (SSSR count). The van der Waals surface area contributed by atoms with E-state index < -0.39 is 0 Å². The van der Waals surface area contributed by atoms with Crippen molar-refractivity contribution in [2.45, 2.75) is 20.4 Å². The largest absolute Gasteiger partial charge is 0.370 e. The minimum absolute atomic E-state index is 0.212. The molecular weight excluding hydrogens is 303 g/mol. The first-order valence-electron chi connectivity index (χ1n) is 8.00. The van der Waals surface area contributed by atoms with Gasteiger partial charge >= 0.3 is 0 Å². The molecule has 0 aliphatic carbocycles. The summed E-state index contributed by atoms with van der Waals surface area (Å²) in [7, 11) is 2.01. The molecule has 4 nitrogen and oxygen atoms in total. The van der Waals surface area contributed by atoms with E-state index >= 15 is 0 Å². The third-order valence-electron chi connectivity index (χ3n) is 3.62. The number of nitrogens with one attached hydrogen (secondary N) is 1. The molecule has 0 aliphatic rings. The Morgan fingerprint density at radius 3 is 2.38 bits per heavy atom. The van der Waals surface area contributed by atoms with E-state index in [-0.39, 0.29) is 5.82 Å². The molecule has 0 fully saturated rings. The summed E-state index contributed by atoms with van der Waals surface area (Å²) in [6, 6.07) is 12.7. The summed E-state index contributed by atoms with van der Waals surface area (Å²) in [5.74, 6) is 0.200. The third-order valence-corrected chi connectivity index (χ3v) is 3.62. The lowest BCUT2D eigenvalue weighted by molar-refractivity contribution is 0.336. The highest BCUT2D eigenvalue weighted by molar-refractivity contribution is 5.92. The molecule has 0 spiro atoms. The van der Waals surface area contributed by atoms with E-state index in [1.54, 1.807) is 12.1 Å². The molecule has 0 atom stereocenters. The zero-order chi connectivity index (χ0) is 17.5. The second kappa shape index (κ2) is 8.45. The fourth-order valence-corrected chi connectivity index (χ4v) is 2.56. The quantitative estimate of drug-likeness (QED) is 0.632. The van der Waals surface area contributed by atoms with Crippen LogP contribution in [0.4, 0.5) is 10.1 Å². The predicted octanol–water partition coefficient (Wildman–Crippen LogP) is 3.30. The van der Waals surface area contributed by atoms with Crippen LogP contribution in [0.1, 0.15) is 16.7 Å². The van der Waals surface area contributed by atoms with Crippen LogP contribution in [0.2, 0.25) is 0 Å². The van der Waals surface area contributed by atoms with Crippen molar-refractivity contribution in [2.75, 3.05) is 25.5 Å². The van der Waals surface area contributed by atoms with Gasteiger partial charge in [0.05, 0.1) is 6.54 Å². The van der Waals surface area contributed by atoms with Gasteiger partial charge in [-0.25, -0.2) is 4.39 Å². The van der Waals surface area contributed by atoms with Crippen molar-refractivity contribution in [3.05, 3.63) is 65.0 Å². The molecule has 0 aliphatic heterocycles. The summed E-state index contributed by atoms with van der Waals surface area (Å²) >= 11 is 0. The molecule has 5 heteroatoms. The Hall–Kier alpha value is -2.40. The average Bonchev–Trinajstić information content (AvgIpc) is 2.48. The van der Waals surface area contributed by atoms with Gasteiger partial charge in [0.1, 0.15) is 5.82 Å². The monoisotopic (exact) mass is 328 g/mol. The number of nitrogens with two attached hydrogens (primary N) is 1. The van der Waals surface area contributed by atoms with Crippen molar-refractivity contribution in [2.24, 2.45) is 10.7 Å². The second-order valence-corrected chi connectivity index (χ2v) is 6.13. The number of halogens is 1. The average molecular weight is 328 g/mol. The number of aryl methyl sites for hydroxylation is 2. The van der Waals surface area contributed by atoms with Crippen LogP contribution in [0.5, 0.6) is 0 Å². The van der Waals surface area contributed by atoms with Crippen LogP contribution in [0.15, 0.2) is 47.5 Å². The van der Waals surface area contributed by atoms with Gasteiger partial charge in [-0.05, 0) is 61.9 Å². The van der Waals surface area contributed by atoms with Crippen LogP contribution >= 0.6 is 0 Å². The number of rotatable bonds is 6. The molecule has 2 aromatic carbocycles. The zero-order valence-corrected chi connectivity index (χ0v) is 14.5. The summed E-state index contributed by atoms with van der Waals surface area (Å²) in [6.07, 6.45) is 0. The lowest BCUT2D eigenvalue weighted by Gasteiger charge is -2.15. The normalized spacial score (nSPS) is 11.8. The molecule has 0 amide bonds. The van der Waals surface area contributed by atoms with Crippen molar-refractivity contribution in [1.29, 1.82) is 0 Å². The van der Waals surface area contributed by atoms with Crippen LogP contribution in [0.3, 0.4) is 0 Å². The molecule has 3 N–H and O–H groups in total. The Morgan fingerprint density at radius 2 is 1.75 bits per heavy atom. The Bertz CT molecular complexity index is 675. The Kier molecular flexibility index (Phi) is 6.32. The molecule has 0 heterocycles. The van der Waals surface area contributed by atoms with Crippen LogP contribution < -0.4 is 11.1 Å². The lowest BCUT2D eigenvalue weighted by Crippen LogP contribution is -2.26. The Balaban J connectivity index is 1.80. The maximum atomic E-state index is 12.9. The van der Waals surface area contributed by atoms with Crippen LogP contribution in [-0.4, -0.2) is 31.0 Å². The Morgan fingerprint density at radius 1 is 1.12 bits per heavy atom. The lowest BCUT2D eigenvalue weighted by atomic mass is 10.1. The minimum atomic E-state index is -0.212. The summed E-state index contributed by atoms with van der Waals surface area (Å²) < 4.78 is 12.9. The van der Waals surface area contributed by atoms with Gasteiger partial charge in [-0.2, -0.15) is 0 Å². The van der Waals surface area contributed by atoms with E-state index in [1.165, 1.54) is 23.3 Å². The zero-order valence-electron chi connectivity index (χ0n) is 14.5. The number of likely N-dealkylation sites (N-methyl/N-ethyl adjacent to an activating group) is 1. The maximum Gasteiger partial charge on any atom is 0.193 e. The summed E-state index contributed by atoms with van der Waals surface area (Å²) in [4.78, 5) is 6.48. The first-order chi connectivity index (χ1) is 11.4. The highest BCUT2D eigenvalue weighted by Gasteiger charge is 2.01. The topological polar surface area (TPSA) is 53.6 Å². The molecule has 24 heavy (non-hydrogen) atoms. The predicted molar refractivity (Wildman–Crippen MR) is 98.8 cm³/mol. The molecule has 0 aromatic heterocycles. The molecule has 0 saturated heterocycles. The highest BCUT2D eigenvalue weighted by Crippen LogP contribution is 2.13. The fraction of sp³-hybridized carbons (Fsp3) is 0.316. The van der Waals surface area contributed by atoms with Gasteiger partial charge in [-0.15, -0.1) is 0 Å². The van der Waals surface area contributed by atoms with Gasteiger partial charge in [-0.3, -0.25) is 4.99 Å². The Labute approximate surface area is 143 Å². The van der Waals surface area contributed by atoms with E-state index in [4.69, 9.17) is 5.73 Å². The van der Waals surface area contributed by atoms with Crippen LogP contribution in [0, 0.1) is 19.7 Å². The van der Waals surface area contributed by atoms with Gasteiger partial charge in [0.15, 0.2) is 5.96 Å². The van der Waals surface area contributed by atoms with E-state index in [2.05, 4.69) is 35.1 Å². The molecule has 0 unspecified atom stereocenters. The number of benzene rings is 2. The van der Waals surface area contributed by atoms with Crippen molar-refractivity contribution in [3.63, 3.8) is 0 Å². The molecular formula is C19H25FN4. The van der Waals surface area contributed by atoms with E-state index in [1.807, 2.05) is 19.2 Å². The molecule has 128 valence electrons. The van der Waals surface area contributed by atoms with E-state index in [9.17, 15) is 4.39 Å².